The molecule has 0 fully saturated rings. The molecule has 0 radical (unpaired) electrons. The van der Waals surface area contributed by atoms with Crippen molar-refractivity contribution in [3.63, 3.8) is 0 Å². The van der Waals surface area contributed by atoms with Crippen LogP contribution in [0.2, 0.25) is 0 Å². The van der Waals surface area contributed by atoms with Gasteiger partial charge in [0.2, 0.25) is 5.88 Å². The molecular weight excluding hydrogens is 312 g/mol. The van der Waals surface area contributed by atoms with Crippen LogP contribution in [0.3, 0.4) is 0 Å². The lowest BCUT2D eigenvalue weighted by Gasteiger charge is -2.10. The van der Waals surface area contributed by atoms with E-state index in [1.54, 1.807) is 31.2 Å². The first-order valence-electron chi connectivity index (χ1n) is 5.65. The first-order valence-corrected chi connectivity index (χ1v) is 6.44. The molecule has 19 heavy (non-hydrogen) atoms. The topological polar surface area (TPSA) is 75.2 Å². The van der Waals surface area contributed by atoms with Crippen molar-refractivity contribution in [3.05, 3.63) is 44.9 Å². The van der Waals surface area contributed by atoms with Crippen LogP contribution in [0.1, 0.15) is 18.9 Å². The molecule has 100 valence electrons. The highest BCUT2D eigenvalue weighted by Crippen LogP contribution is 2.25. The Morgan fingerprint density at radius 3 is 2.53 bits per heavy atom. The molecule has 1 atom stereocenters. The SMILES string of the molecule is COC(C)c1nc(O)c(-c2ccc(Br)cc2)c(=O)[nH]1. The standard InChI is InChI=1S/C13H13BrN2O3/c1-7(19-2)11-15-12(17)10(13(18)16-11)8-3-5-9(14)6-4-8/h3-7H,1-2H3,(H2,15,16,17,18). The maximum absolute atomic E-state index is 12.0. The van der Waals surface area contributed by atoms with Crippen molar-refractivity contribution in [2.75, 3.05) is 7.11 Å². The van der Waals surface area contributed by atoms with Crippen LogP contribution in [-0.4, -0.2) is 22.2 Å². The van der Waals surface area contributed by atoms with Crippen LogP contribution in [0.25, 0.3) is 11.1 Å². The van der Waals surface area contributed by atoms with E-state index < -0.39 is 11.7 Å². The Labute approximate surface area is 118 Å². The smallest absolute Gasteiger partial charge is 0.262 e. The van der Waals surface area contributed by atoms with Crippen LogP contribution in [0, 0.1) is 0 Å². The van der Waals surface area contributed by atoms with Gasteiger partial charge in [0, 0.05) is 11.6 Å². The lowest BCUT2D eigenvalue weighted by molar-refractivity contribution is 0.111. The number of aromatic nitrogens is 2. The van der Waals surface area contributed by atoms with E-state index in [4.69, 9.17) is 4.74 Å². The minimum absolute atomic E-state index is 0.152. The third-order valence-electron chi connectivity index (χ3n) is 2.79. The monoisotopic (exact) mass is 324 g/mol. The average molecular weight is 325 g/mol. The summed E-state index contributed by atoms with van der Waals surface area (Å²) in [4.78, 5) is 18.6. The van der Waals surface area contributed by atoms with Crippen LogP contribution in [0.15, 0.2) is 33.5 Å². The number of aromatic amines is 1. The number of aromatic hydroxyl groups is 1. The van der Waals surface area contributed by atoms with Crippen LogP contribution in [0.4, 0.5) is 0 Å². The van der Waals surface area contributed by atoms with Crippen molar-refractivity contribution in [1.82, 2.24) is 9.97 Å². The summed E-state index contributed by atoms with van der Waals surface area (Å²) in [5.41, 5.74) is 0.361. The molecule has 0 spiro atoms. The minimum atomic E-state index is -0.395. The van der Waals surface area contributed by atoms with Crippen LogP contribution in [0.5, 0.6) is 5.88 Å². The fourth-order valence-electron chi connectivity index (χ4n) is 1.66. The molecule has 2 N–H and O–H groups in total. The average Bonchev–Trinajstić information content (AvgIpc) is 2.39. The van der Waals surface area contributed by atoms with Gasteiger partial charge in [-0.15, -0.1) is 0 Å². The van der Waals surface area contributed by atoms with Gasteiger partial charge in [-0.2, -0.15) is 4.98 Å². The number of ether oxygens (including phenoxy) is 1. The van der Waals surface area contributed by atoms with Crippen LogP contribution in [-0.2, 0) is 4.74 Å². The fourth-order valence-corrected chi connectivity index (χ4v) is 1.92. The molecule has 6 heteroatoms. The van der Waals surface area contributed by atoms with Gasteiger partial charge in [-0.3, -0.25) is 4.79 Å². The summed E-state index contributed by atoms with van der Waals surface area (Å²) >= 11 is 3.31. The second-order valence-electron chi connectivity index (χ2n) is 4.03. The minimum Gasteiger partial charge on any atom is -0.493 e. The Hall–Kier alpha value is -1.66. The maximum atomic E-state index is 12.0. The van der Waals surface area contributed by atoms with E-state index in [1.807, 2.05) is 0 Å². The number of H-pyrrole nitrogens is 1. The van der Waals surface area contributed by atoms with Gasteiger partial charge in [0.15, 0.2) is 0 Å². The molecule has 0 aliphatic carbocycles. The van der Waals surface area contributed by atoms with Gasteiger partial charge in [-0.05, 0) is 24.6 Å². The van der Waals surface area contributed by atoms with Crippen LogP contribution >= 0.6 is 15.9 Å². The van der Waals surface area contributed by atoms with Gasteiger partial charge in [-0.25, -0.2) is 0 Å². The number of hydrogen-bond acceptors (Lipinski definition) is 4. The van der Waals surface area contributed by atoms with Gasteiger partial charge >= 0.3 is 0 Å². The van der Waals surface area contributed by atoms with Crippen molar-refractivity contribution in [3.8, 4) is 17.0 Å². The van der Waals surface area contributed by atoms with Crippen molar-refractivity contribution >= 4 is 15.9 Å². The summed E-state index contributed by atoms with van der Waals surface area (Å²) in [5, 5.41) is 9.94. The third kappa shape index (κ3) is 2.85. The van der Waals surface area contributed by atoms with E-state index in [0.29, 0.717) is 11.4 Å². The summed E-state index contributed by atoms with van der Waals surface area (Å²) in [7, 11) is 1.50. The molecule has 1 aromatic heterocycles. The van der Waals surface area contributed by atoms with Gasteiger partial charge in [-0.1, -0.05) is 28.1 Å². The highest BCUT2D eigenvalue weighted by Gasteiger charge is 2.15. The highest BCUT2D eigenvalue weighted by atomic mass is 79.9. The molecule has 1 unspecified atom stereocenters. The molecule has 0 aliphatic rings. The fraction of sp³-hybridized carbons (Fsp3) is 0.231. The second kappa shape index (κ2) is 5.54. The first-order chi connectivity index (χ1) is 9.02. The van der Waals surface area contributed by atoms with Gasteiger partial charge in [0.05, 0.1) is 0 Å². The molecule has 1 aromatic carbocycles. The Kier molecular flexibility index (Phi) is 4.01. The predicted molar refractivity (Wildman–Crippen MR) is 75.1 cm³/mol. The van der Waals surface area contributed by atoms with Crippen molar-refractivity contribution in [2.24, 2.45) is 0 Å². The zero-order valence-electron chi connectivity index (χ0n) is 10.5. The van der Waals surface area contributed by atoms with E-state index in [-0.39, 0.29) is 11.4 Å². The molecule has 1 heterocycles. The van der Waals surface area contributed by atoms with E-state index in [0.717, 1.165) is 4.47 Å². The molecule has 0 bridgehead atoms. The van der Waals surface area contributed by atoms with Gasteiger partial charge < -0.3 is 14.8 Å². The maximum Gasteiger partial charge on any atom is 0.262 e. The quantitative estimate of drug-likeness (QED) is 0.910. The predicted octanol–water partition coefficient (Wildman–Crippen LogP) is 2.61. The summed E-state index contributed by atoms with van der Waals surface area (Å²) in [5.74, 6) is -0.00386. The number of hydrogen-bond donors (Lipinski definition) is 2. The molecule has 0 saturated heterocycles. The van der Waals surface area contributed by atoms with E-state index in [1.165, 1.54) is 7.11 Å². The largest absolute Gasteiger partial charge is 0.493 e. The van der Waals surface area contributed by atoms with E-state index in [9.17, 15) is 9.90 Å². The number of methoxy groups -OCH3 is 1. The molecule has 0 aliphatic heterocycles. The third-order valence-corrected chi connectivity index (χ3v) is 3.32. The summed E-state index contributed by atoms with van der Waals surface area (Å²) in [6.45, 7) is 1.73. The number of nitrogens with zero attached hydrogens (tertiary/aromatic N) is 1. The van der Waals surface area contributed by atoms with E-state index >= 15 is 0 Å². The zero-order valence-corrected chi connectivity index (χ0v) is 12.1. The Morgan fingerprint density at radius 1 is 1.37 bits per heavy atom. The lowest BCUT2D eigenvalue weighted by Crippen LogP contribution is -2.16. The molecule has 0 amide bonds. The van der Waals surface area contributed by atoms with Crippen molar-refractivity contribution in [1.29, 1.82) is 0 Å². The van der Waals surface area contributed by atoms with Crippen LogP contribution < -0.4 is 5.56 Å². The zero-order chi connectivity index (χ0) is 14.0. The molecule has 2 rings (SSSR count). The Morgan fingerprint density at radius 2 is 2.00 bits per heavy atom. The van der Waals surface area contributed by atoms with Gasteiger partial charge in [0.25, 0.3) is 5.56 Å². The Bertz CT molecular complexity index is 637. The molecule has 5 nitrogen and oxygen atoms in total. The number of nitrogens with one attached hydrogen (secondary N) is 1. The molecule has 0 saturated carbocycles. The highest BCUT2D eigenvalue weighted by molar-refractivity contribution is 9.10. The summed E-state index contributed by atoms with van der Waals surface area (Å²) in [6, 6.07) is 7.05. The van der Waals surface area contributed by atoms with Crippen molar-refractivity contribution in [2.45, 2.75) is 13.0 Å². The molecular formula is C13H13BrN2O3. The summed E-state index contributed by atoms with van der Waals surface area (Å²) in [6.07, 6.45) is -0.391. The van der Waals surface area contributed by atoms with E-state index in [2.05, 4.69) is 25.9 Å². The first kappa shape index (κ1) is 13.8. The molecule has 2 aromatic rings. The summed E-state index contributed by atoms with van der Waals surface area (Å²) < 4.78 is 5.95. The number of rotatable bonds is 3. The lowest BCUT2D eigenvalue weighted by atomic mass is 10.1. The normalized spacial score (nSPS) is 12.4. The van der Waals surface area contributed by atoms with Crippen molar-refractivity contribution < 1.29 is 9.84 Å². The Balaban J connectivity index is 2.54. The number of benzene rings is 1. The second-order valence-corrected chi connectivity index (χ2v) is 4.95. The van der Waals surface area contributed by atoms with Gasteiger partial charge in [0.1, 0.15) is 17.5 Å². The number of halogens is 1.